The minimum absolute atomic E-state index is 0.0634. The molecule has 1 aromatic carbocycles. The number of benzene rings is 1. The fourth-order valence-corrected chi connectivity index (χ4v) is 2.87. The van der Waals surface area contributed by atoms with Crippen molar-refractivity contribution in [3.05, 3.63) is 28.7 Å². The van der Waals surface area contributed by atoms with Gasteiger partial charge in [0.1, 0.15) is 0 Å². The number of nitrogens with two attached hydrogens (primary N) is 1. The van der Waals surface area contributed by atoms with Gasteiger partial charge in [-0.1, -0.05) is 12.0 Å². The zero-order valence-electron chi connectivity index (χ0n) is 13.5. The van der Waals surface area contributed by atoms with Crippen molar-refractivity contribution in [2.45, 2.75) is 6.92 Å². The van der Waals surface area contributed by atoms with Crippen LogP contribution in [0.15, 0.2) is 23.1 Å². The molecule has 1 aliphatic heterocycles. The Morgan fingerprint density at radius 2 is 2.12 bits per heavy atom. The number of thioether (sulfide) groups is 1. The second-order valence-corrected chi connectivity index (χ2v) is 5.86. The molecular formula is C17H16N2O5S. The lowest BCUT2D eigenvalue weighted by Gasteiger charge is -2.11. The third-order valence-electron chi connectivity index (χ3n) is 3.06. The van der Waals surface area contributed by atoms with E-state index in [0.717, 1.165) is 16.7 Å². The van der Waals surface area contributed by atoms with E-state index in [1.54, 1.807) is 31.2 Å². The Morgan fingerprint density at radius 3 is 2.76 bits per heavy atom. The molecule has 0 bridgehead atoms. The lowest BCUT2D eigenvalue weighted by molar-refractivity contribution is -0.122. The van der Waals surface area contributed by atoms with Crippen molar-refractivity contribution in [1.29, 1.82) is 0 Å². The molecule has 1 aromatic rings. The van der Waals surface area contributed by atoms with Crippen LogP contribution >= 0.6 is 11.8 Å². The highest BCUT2D eigenvalue weighted by Gasteiger charge is 2.34. The summed E-state index contributed by atoms with van der Waals surface area (Å²) in [7, 11) is 0. The topological polar surface area (TPSA) is 98.9 Å². The summed E-state index contributed by atoms with van der Waals surface area (Å²) in [5, 5.41) is -0.402. The molecule has 130 valence electrons. The Bertz CT molecular complexity index is 782. The Balaban J connectivity index is 2.26. The van der Waals surface area contributed by atoms with Gasteiger partial charge in [-0.05, 0) is 42.5 Å². The van der Waals surface area contributed by atoms with Crippen LogP contribution in [0, 0.1) is 12.3 Å². The van der Waals surface area contributed by atoms with E-state index in [-0.39, 0.29) is 18.1 Å². The van der Waals surface area contributed by atoms with Crippen LogP contribution in [-0.2, 0) is 9.59 Å². The number of ether oxygens (including phenoxy) is 2. The van der Waals surface area contributed by atoms with Crippen LogP contribution in [0.2, 0.25) is 0 Å². The molecule has 0 spiro atoms. The third kappa shape index (κ3) is 4.55. The van der Waals surface area contributed by atoms with Gasteiger partial charge in [-0.2, -0.15) is 0 Å². The van der Waals surface area contributed by atoms with Crippen molar-refractivity contribution in [3.63, 3.8) is 0 Å². The van der Waals surface area contributed by atoms with Crippen LogP contribution < -0.4 is 15.2 Å². The zero-order chi connectivity index (χ0) is 18.4. The molecule has 1 fully saturated rings. The Kier molecular flexibility index (Phi) is 6.08. The molecule has 1 heterocycles. The first-order valence-corrected chi connectivity index (χ1v) is 8.14. The molecule has 0 unspecified atom stereocenters. The van der Waals surface area contributed by atoms with E-state index < -0.39 is 17.1 Å². The largest absolute Gasteiger partial charge is 0.490 e. The number of imide groups is 1. The summed E-state index contributed by atoms with van der Waals surface area (Å²) in [5.74, 6) is 2.01. The first-order valence-electron chi connectivity index (χ1n) is 7.33. The van der Waals surface area contributed by atoms with Crippen LogP contribution in [0.4, 0.5) is 4.79 Å². The molecule has 0 atom stereocenters. The number of primary amides is 1. The molecule has 1 saturated heterocycles. The van der Waals surface area contributed by atoms with E-state index in [4.69, 9.17) is 21.6 Å². The van der Waals surface area contributed by atoms with Crippen LogP contribution in [-0.4, -0.2) is 41.7 Å². The average Bonchev–Trinajstić information content (AvgIpc) is 2.82. The molecule has 0 radical (unpaired) electrons. The summed E-state index contributed by atoms with van der Waals surface area (Å²) in [6.45, 7) is 1.85. The standard InChI is InChI=1S/C17H16N2O5S/c1-3-7-19-16(21)14(25-17(19)22)9-11-5-6-12(24-10-15(18)20)13(8-11)23-4-2/h1,5-6,8-9H,4,7,10H2,2H3,(H2,18,20)/b14-9+. The molecule has 0 aliphatic carbocycles. The number of hydrogen-bond acceptors (Lipinski definition) is 6. The summed E-state index contributed by atoms with van der Waals surface area (Å²) >= 11 is 0.824. The number of hydrogen-bond donors (Lipinski definition) is 1. The lowest BCUT2D eigenvalue weighted by atomic mass is 10.2. The molecule has 3 amide bonds. The Hall–Kier alpha value is -2.92. The monoisotopic (exact) mass is 360 g/mol. The second kappa shape index (κ2) is 8.26. The van der Waals surface area contributed by atoms with Crippen molar-refractivity contribution in [2.75, 3.05) is 19.8 Å². The summed E-state index contributed by atoms with van der Waals surface area (Å²) in [4.78, 5) is 36.1. The summed E-state index contributed by atoms with van der Waals surface area (Å²) in [6.07, 6.45) is 6.73. The minimum Gasteiger partial charge on any atom is -0.490 e. The number of terminal acetylenes is 1. The molecule has 7 nitrogen and oxygen atoms in total. The smallest absolute Gasteiger partial charge is 0.294 e. The predicted molar refractivity (Wildman–Crippen MR) is 93.8 cm³/mol. The van der Waals surface area contributed by atoms with Crippen molar-refractivity contribution >= 4 is 34.9 Å². The van der Waals surface area contributed by atoms with Gasteiger partial charge in [-0.3, -0.25) is 19.3 Å². The van der Waals surface area contributed by atoms with Gasteiger partial charge in [0, 0.05) is 0 Å². The van der Waals surface area contributed by atoms with E-state index in [2.05, 4.69) is 5.92 Å². The molecule has 2 rings (SSSR count). The van der Waals surface area contributed by atoms with E-state index in [0.29, 0.717) is 23.7 Å². The van der Waals surface area contributed by atoms with Gasteiger partial charge in [0.2, 0.25) is 0 Å². The van der Waals surface area contributed by atoms with Crippen molar-refractivity contribution in [2.24, 2.45) is 5.73 Å². The SMILES string of the molecule is C#CCN1C(=O)S/C(=C/c2ccc(OCC(N)=O)c(OCC)c2)C1=O. The summed E-state index contributed by atoms with van der Waals surface area (Å²) < 4.78 is 10.8. The fourth-order valence-electron chi connectivity index (χ4n) is 2.03. The van der Waals surface area contributed by atoms with Gasteiger partial charge < -0.3 is 15.2 Å². The third-order valence-corrected chi connectivity index (χ3v) is 3.97. The first-order chi connectivity index (χ1) is 12.0. The summed E-state index contributed by atoms with van der Waals surface area (Å²) in [5.41, 5.74) is 5.70. The maximum atomic E-state index is 12.2. The van der Waals surface area contributed by atoms with E-state index in [9.17, 15) is 14.4 Å². The molecule has 8 heteroatoms. The van der Waals surface area contributed by atoms with Gasteiger partial charge in [0.25, 0.3) is 17.1 Å². The van der Waals surface area contributed by atoms with Gasteiger partial charge in [0.15, 0.2) is 18.1 Å². The van der Waals surface area contributed by atoms with E-state index >= 15 is 0 Å². The molecule has 1 aliphatic rings. The van der Waals surface area contributed by atoms with Crippen LogP contribution in [0.3, 0.4) is 0 Å². The lowest BCUT2D eigenvalue weighted by Crippen LogP contribution is -2.28. The van der Waals surface area contributed by atoms with Crippen molar-refractivity contribution < 1.29 is 23.9 Å². The van der Waals surface area contributed by atoms with Crippen molar-refractivity contribution in [3.8, 4) is 23.8 Å². The van der Waals surface area contributed by atoms with Crippen LogP contribution in [0.1, 0.15) is 12.5 Å². The maximum absolute atomic E-state index is 12.2. The maximum Gasteiger partial charge on any atom is 0.294 e. The number of carbonyl (C=O) groups excluding carboxylic acids is 3. The minimum atomic E-state index is -0.603. The second-order valence-electron chi connectivity index (χ2n) is 4.87. The molecule has 0 aromatic heterocycles. The van der Waals surface area contributed by atoms with Crippen molar-refractivity contribution in [1.82, 2.24) is 4.90 Å². The summed E-state index contributed by atoms with van der Waals surface area (Å²) in [6, 6.07) is 4.93. The molecule has 2 N–H and O–H groups in total. The van der Waals surface area contributed by atoms with Gasteiger partial charge in [0.05, 0.1) is 18.1 Å². The van der Waals surface area contributed by atoms with Gasteiger partial charge >= 0.3 is 0 Å². The highest BCUT2D eigenvalue weighted by Crippen LogP contribution is 2.34. The predicted octanol–water partition coefficient (Wildman–Crippen LogP) is 1.62. The number of nitrogens with zero attached hydrogens (tertiary/aromatic N) is 1. The van der Waals surface area contributed by atoms with Crippen LogP contribution in [0.5, 0.6) is 11.5 Å². The molecule has 25 heavy (non-hydrogen) atoms. The fraction of sp³-hybridized carbons (Fsp3) is 0.235. The zero-order valence-corrected chi connectivity index (χ0v) is 14.3. The number of rotatable bonds is 7. The highest BCUT2D eigenvalue weighted by atomic mass is 32.2. The number of carbonyl (C=O) groups is 3. The molecule has 0 saturated carbocycles. The first kappa shape index (κ1) is 18.4. The highest BCUT2D eigenvalue weighted by molar-refractivity contribution is 8.18. The van der Waals surface area contributed by atoms with E-state index in [1.165, 1.54) is 0 Å². The van der Waals surface area contributed by atoms with E-state index in [1.807, 2.05) is 0 Å². The average molecular weight is 360 g/mol. The Morgan fingerprint density at radius 1 is 1.36 bits per heavy atom. The Labute approximate surface area is 149 Å². The normalized spacial score (nSPS) is 15.4. The number of amides is 3. The van der Waals surface area contributed by atoms with Gasteiger partial charge in [-0.25, -0.2) is 0 Å². The van der Waals surface area contributed by atoms with Gasteiger partial charge in [-0.15, -0.1) is 6.42 Å². The van der Waals surface area contributed by atoms with Crippen LogP contribution in [0.25, 0.3) is 6.08 Å². The molecular weight excluding hydrogens is 344 g/mol. The quantitative estimate of drug-likeness (QED) is 0.586.